The number of H-pyrrole nitrogens is 3. The number of rotatable bonds is 3. The molecule has 0 spiro atoms. The number of fused-ring (bicyclic) bond motifs is 3. The van der Waals surface area contributed by atoms with Crippen LogP contribution in [0.3, 0.4) is 0 Å². The van der Waals surface area contributed by atoms with Crippen LogP contribution in [0.25, 0.3) is 33.0 Å². The number of aromatic amines is 3. The largest absolute Gasteiger partial charge is 0.464 e. The van der Waals surface area contributed by atoms with E-state index in [2.05, 4.69) is 19.9 Å². The van der Waals surface area contributed by atoms with E-state index < -0.39 is 17.3 Å². The third-order valence-corrected chi connectivity index (χ3v) is 6.96. The van der Waals surface area contributed by atoms with E-state index in [1.807, 2.05) is 0 Å². The van der Waals surface area contributed by atoms with Crippen LogP contribution in [0.15, 0.2) is 53.7 Å². The van der Waals surface area contributed by atoms with Crippen molar-refractivity contribution in [2.75, 3.05) is 0 Å². The van der Waals surface area contributed by atoms with E-state index in [1.54, 1.807) is 43.7 Å². The molecule has 6 aromatic rings. The number of carboxylic acid groups (broad SMARTS) is 1. The number of halogens is 2. The Morgan fingerprint density at radius 1 is 1.10 bits per heavy atom. The van der Waals surface area contributed by atoms with Gasteiger partial charge in [0.2, 0.25) is 0 Å². The number of hydrogen-bond acceptors (Lipinski definition) is 5. The zero-order chi connectivity index (χ0) is 29.6. The summed E-state index contributed by atoms with van der Waals surface area (Å²) in [6.45, 7) is 5.65. The lowest BCUT2D eigenvalue weighted by Crippen LogP contribution is -2.23. The van der Waals surface area contributed by atoms with Gasteiger partial charge in [0.1, 0.15) is 17.2 Å². The Balaban J connectivity index is 0.000000167. The van der Waals surface area contributed by atoms with Crippen LogP contribution in [-0.2, 0) is 12.0 Å². The van der Waals surface area contributed by atoms with E-state index in [-0.39, 0.29) is 32.6 Å². The Morgan fingerprint density at radius 2 is 1.78 bits per heavy atom. The quantitative estimate of drug-likeness (QED) is 0.153. The van der Waals surface area contributed by atoms with Gasteiger partial charge in [0.05, 0.1) is 18.4 Å². The van der Waals surface area contributed by atoms with Gasteiger partial charge in [-0.3, -0.25) is 19.1 Å². The minimum Gasteiger partial charge on any atom is -0.464 e. The molecule has 4 aromatic heterocycles. The summed E-state index contributed by atoms with van der Waals surface area (Å²) in [4.78, 5) is 47.1. The molecule has 2 aromatic carbocycles. The summed E-state index contributed by atoms with van der Waals surface area (Å²) >= 11 is 5.21. The molecule has 0 aliphatic heterocycles. The maximum absolute atomic E-state index is 14.1. The fraction of sp³-hybridized carbons (Fsp3) is 0.179. The first-order valence-electron chi connectivity index (χ1n) is 12.4. The highest BCUT2D eigenvalue weighted by molar-refractivity contribution is 7.71. The molecule has 13 heteroatoms. The fourth-order valence-corrected chi connectivity index (χ4v) is 5.25. The smallest absolute Gasteiger partial charge is 0.416 e. The number of benzene rings is 2. The molecule has 10 nitrogen and oxygen atoms in total. The summed E-state index contributed by atoms with van der Waals surface area (Å²) in [5.41, 5.74) is 1.91. The van der Waals surface area contributed by atoms with Crippen LogP contribution in [0.5, 0.6) is 0 Å². The average molecular weight is 579 g/mol. The van der Waals surface area contributed by atoms with Crippen molar-refractivity contribution in [3.63, 3.8) is 0 Å². The van der Waals surface area contributed by atoms with Gasteiger partial charge in [-0.2, -0.15) is 0 Å². The van der Waals surface area contributed by atoms with E-state index in [4.69, 9.17) is 12.2 Å². The molecule has 0 unspecified atom stereocenters. The lowest BCUT2D eigenvalue weighted by molar-refractivity contribution is 0.112. The van der Waals surface area contributed by atoms with Crippen LogP contribution < -0.4 is 5.56 Å². The first kappa shape index (κ1) is 27.6. The molecule has 0 bridgehead atoms. The predicted molar refractivity (Wildman–Crippen MR) is 152 cm³/mol. The molecule has 210 valence electrons. The van der Waals surface area contributed by atoms with Crippen molar-refractivity contribution < 1.29 is 23.5 Å². The van der Waals surface area contributed by atoms with E-state index in [1.165, 1.54) is 30.6 Å². The van der Waals surface area contributed by atoms with Crippen molar-refractivity contribution >= 4 is 57.6 Å². The summed E-state index contributed by atoms with van der Waals surface area (Å²) in [5.74, 6) is -0.895. The van der Waals surface area contributed by atoms with Gasteiger partial charge in [-0.15, -0.1) is 0 Å². The Labute approximate surface area is 235 Å². The predicted octanol–water partition coefficient (Wildman–Crippen LogP) is 5.87. The maximum Gasteiger partial charge on any atom is 0.416 e. The van der Waals surface area contributed by atoms with Crippen LogP contribution in [0.2, 0.25) is 0 Å². The van der Waals surface area contributed by atoms with E-state index in [0.29, 0.717) is 40.6 Å². The summed E-state index contributed by atoms with van der Waals surface area (Å²) in [7, 11) is 0. The summed E-state index contributed by atoms with van der Waals surface area (Å²) < 4.78 is 30.9. The van der Waals surface area contributed by atoms with Crippen molar-refractivity contribution in [2.24, 2.45) is 0 Å². The average Bonchev–Trinajstić information content (AvgIpc) is 3.63. The highest BCUT2D eigenvalue weighted by Crippen LogP contribution is 2.34. The molecule has 0 fully saturated rings. The molecular weight excluding hydrogens is 554 g/mol. The Hall–Kier alpha value is -4.91. The molecule has 6 rings (SSSR count). The number of imidazole rings is 1. The highest BCUT2D eigenvalue weighted by atomic mass is 32.1. The van der Waals surface area contributed by atoms with Crippen LogP contribution in [-0.4, -0.2) is 46.6 Å². The monoisotopic (exact) mass is 578 g/mol. The number of aldehydes is 1. The van der Waals surface area contributed by atoms with Gasteiger partial charge in [-0.1, -0.05) is 32.9 Å². The van der Waals surface area contributed by atoms with E-state index in [0.717, 1.165) is 10.1 Å². The van der Waals surface area contributed by atoms with Crippen molar-refractivity contribution in [2.45, 2.75) is 32.7 Å². The lowest BCUT2D eigenvalue weighted by atomic mass is 9.89. The Morgan fingerprint density at radius 3 is 2.44 bits per heavy atom. The number of carbonyl (C=O) groups is 2. The number of carbonyl (C=O) groups excluding carboxylic acids is 1. The van der Waals surface area contributed by atoms with Crippen molar-refractivity contribution in [3.05, 3.63) is 92.5 Å². The van der Waals surface area contributed by atoms with Gasteiger partial charge in [-0.05, 0) is 36.5 Å². The van der Waals surface area contributed by atoms with Crippen molar-refractivity contribution in [1.82, 2.24) is 29.1 Å². The summed E-state index contributed by atoms with van der Waals surface area (Å²) in [6.07, 6.45) is 2.46. The molecule has 0 atom stereocenters. The molecule has 4 N–H and O–H groups in total. The van der Waals surface area contributed by atoms with E-state index in [9.17, 15) is 28.3 Å². The van der Waals surface area contributed by atoms with Crippen LogP contribution in [0.4, 0.5) is 13.6 Å². The second-order valence-corrected chi connectivity index (χ2v) is 10.7. The fourth-order valence-electron chi connectivity index (χ4n) is 5.01. The second kappa shape index (κ2) is 10.2. The number of nitrogens with zero attached hydrogens (tertiary/aromatic N) is 3. The molecule has 0 aliphatic carbocycles. The number of hydrogen-bond donors (Lipinski definition) is 4. The van der Waals surface area contributed by atoms with Crippen LogP contribution >= 0.6 is 12.2 Å². The normalized spacial score (nSPS) is 11.6. The minimum absolute atomic E-state index is 0.0600. The van der Waals surface area contributed by atoms with Crippen LogP contribution in [0.1, 0.15) is 42.4 Å². The molecule has 0 saturated carbocycles. The summed E-state index contributed by atoms with van der Waals surface area (Å²) in [5, 5.41) is 9.92. The van der Waals surface area contributed by atoms with Gasteiger partial charge in [0.25, 0.3) is 5.56 Å². The first-order valence-corrected chi connectivity index (χ1v) is 12.8. The molecule has 0 saturated heterocycles. The van der Waals surface area contributed by atoms with Gasteiger partial charge >= 0.3 is 6.09 Å². The van der Waals surface area contributed by atoms with Gasteiger partial charge in [0.15, 0.2) is 16.7 Å². The Bertz CT molecular complexity index is 2090. The van der Waals surface area contributed by atoms with Gasteiger partial charge in [-0.25, -0.2) is 23.1 Å². The minimum atomic E-state index is -1.23. The van der Waals surface area contributed by atoms with Crippen molar-refractivity contribution in [3.8, 4) is 0 Å². The van der Waals surface area contributed by atoms with Gasteiger partial charge in [0, 0.05) is 44.7 Å². The standard InChI is InChI=1S/C14H10FN5OS.C14H14FNO3/c15-8-2-1-3-9-10(8)7(4-16-9)5-20-12-11(17-6-18-12)13(21)19-14(20)22;1-14(2,3)12-8(7-17)11-9(15)5-4-6-10(11)16(12)13(18)19/h1-4,6,16H,5H2,(H,17,18)(H,19,21,22);4-7H,1-3H3,(H,18,19). The SMILES string of the molecule is CC(C)(C)c1c(C=O)c2c(F)cccc2n1C(=O)O.O=c1[nH]c(=S)n(Cc2c[nH]c3cccc(F)c23)c2nc[nH]c12. The third kappa shape index (κ3) is 4.73. The maximum atomic E-state index is 14.1. The molecule has 0 radical (unpaired) electrons. The zero-order valence-electron chi connectivity index (χ0n) is 22.1. The first-order chi connectivity index (χ1) is 19.4. The second-order valence-electron chi connectivity index (χ2n) is 10.3. The van der Waals surface area contributed by atoms with Crippen molar-refractivity contribution in [1.29, 1.82) is 0 Å². The van der Waals surface area contributed by atoms with Crippen LogP contribution in [0, 0.1) is 16.4 Å². The molecular formula is C28H24F2N6O4S. The molecule has 0 amide bonds. The molecule has 0 aliphatic rings. The third-order valence-electron chi connectivity index (χ3n) is 6.63. The van der Waals surface area contributed by atoms with Gasteiger partial charge < -0.3 is 15.1 Å². The Kier molecular flexibility index (Phi) is 6.91. The zero-order valence-corrected chi connectivity index (χ0v) is 22.9. The molecule has 4 heterocycles. The highest BCUT2D eigenvalue weighted by Gasteiger charge is 2.30. The van der Waals surface area contributed by atoms with E-state index >= 15 is 0 Å². The number of aromatic nitrogens is 6. The lowest BCUT2D eigenvalue weighted by Gasteiger charge is -2.20. The topological polar surface area (TPSA) is 142 Å². The number of nitrogens with one attached hydrogen (secondary N) is 3. The summed E-state index contributed by atoms with van der Waals surface area (Å²) in [6, 6.07) is 9.00. The molecule has 41 heavy (non-hydrogen) atoms.